The Morgan fingerprint density at radius 1 is 1.16 bits per heavy atom. The lowest BCUT2D eigenvalue weighted by molar-refractivity contribution is -0.138. The minimum absolute atomic E-state index is 0. The zero-order chi connectivity index (χ0) is 17.2. The fraction of sp³-hybridized carbons (Fsp3) is 0.353. The molecule has 0 spiro atoms. The van der Waals surface area contributed by atoms with Crippen molar-refractivity contribution in [2.45, 2.75) is 25.2 Å². The molecule has 1 unspecified atom stereocenters. The van der Waals surface area contributed by atoms with Crippen LogP contribution in [-0.2, 0) is 12.7 Å². The number of nitrogens with zero attached hydrogens (tertiary/aromatic N) is 2. The van der Waals surface area contributed by atoms with E-state index in [0.29, 0.717) is 6.54 Å². The van der Waals surface area contributed by atoms with Crippen LogP contribution >= 0.6 is 12.4 Å². The first-order valence-corrected chi connectivity index (χ1v) is 7.68. The molecule has 0 amide bonds. The second kappa shape index (κ2) is 8.01. The van der Waals surface area contributed by atoms with Crippen molar-refractivity contribution in [3.05, 3.63) is 59.7 Å². The number of anilines is 1. The van der Waals surface area contributed by atoms with E-state index in [2.05, 4.69) is 10.3 Å². The van der Waals surface area contributed by atoms with Crippen LogP contribution in [0.2, 0.25) is 0 Å². The van der Waals surface area contributed by atoms with E-state index < -0.39 is 17.7 Å². The molecule has 8 heteroatoms. The molecule has 2 aromatic rings. The number of alkyl halides is 3. The van der Waals surface area contributed by atoms with Gasteiger partial charge in [0, 0.05) is 25.7 Å². The smallest absolute Gasteiger partial charge is 0.369 e. The normalized spacial score (nSPS) is 17.4. The lowest BCUT2D eigenvalue weighted by Gasteiger charge is -2.19. The number of pyridine rings is 1. The summed E-state index contributed by atoms with van der Waals surface area (Å²) in [4.78, 5) is 5.67. The lowest BCUT2D eigenvalue weighted by Crippen LogP contribution is -2.32. The fourth-order valence-electron chi connectivity index (χ4n) is 2.92. The number of benzene rings is 1. The van der Waals surface area contributed by atoms with Gasteiger partial charge in [0.25, 0.3) is 0 Å². The third-order valence-corrected chi connectivity index (χ3v) is 4.17. The third-order valence-electron chi connectivity index (χ3n) is 4.17. The Morgan fingerprint density at radius 3 is 2.60 bits per heavy atom. The quantitative estimate of drug-likeness (QED) is 0.646. The molecule has 0 radical (unpaired) electrons. The average molecular weight is 376 g/mol. The van der Waals surface area contributed by atoms with E-state index in [9.17, 15) is 17.6 Å². The molecule has 1 aromatic heterocycles. The van der Waals surface area contributed by atoms with Crippen molar-refractivity contribution in [1.82, 2.24) is 10.3 Å². The summed E-state index contributed by atoms with van der Waals surface area (Å²) < 4.78 is 51.8. The summed E-state index contributed by atoms with van der Waals surface area (Å²) in [7, 11) is 0. The molecule has 3 nitrogen and oxygen atoms in total. The van der Waals surface area contributed by atoms with E-state index in [-0.39, 0.29) is 30.6 Å². The van der Waals surface area contributed by atoms with Gasteiger partial charge in [-0.05, 0) is 30.2 Å². The molecule has 1 saturated heterocycles. The van der Waals surface area contributed by atoms with Crippen molar-refractivity contribution in [1.29, 1.82) is 0 Å². The molecule has 0 saturated carbocycles. The summed E-state index contributed by atoms with van der Waals surface area (Å²) in [5, 5.41) is 3.19. The van der Waals surface area contributed by atoms with Gasteiger partial charge in [-0.1, -0.05) is 18.2 Å². The Hall–Kier alpha value is -1.86. The van der Waals surface area contributed by atoms with E-state index in [1.54, 1.807) is 12.1 Å². The molecule has 1 atom stereocenters. The molecule has 1 fully saturated rings. The van der Waals surface area contributed by atoms with Crippen LogP contribution in [0.25, 0.3) is 0 Å². The summed E-state index contributed by atoms with van der Waals surface area (Å²) in [6, 6.07) is 8.63. The van der Waals surface area contributed by atoms with Gasteiger partial charge < -0.3 is 10.2 Å². The van der Waals surface area contributed by atoms with Crippen molar-refractivity contribution in [3.63, 3.8) is 0 Å². The van der Waals surface area contributed by atoms with E-state index in [0.717, 1.165) is 24.7 Å². The maximum absolute atomic E-state index is 13.0. The van der Waals surface area contributed by atoms with E-state index in [4.69, 9.17) is 0 Å². The van der Waals surface area contributed by atoms with Crippen molar-refractivity contribution in [3.8, 4) is 0 Å². The average Bonchev–Trinajstić information content (AvgIpc) is 3.02. The molecule has 1 aliphatic heterocycles. The van der Waals surface area contributed by atoms with E-state index >= 15 is 0 Å². The first-order chi connectivity index (χ1) is 11.4. The molecule has 1 aliphatic rings. The molecule has 25 heavy (non-hydrogen) atoms. The van der Waals surface area contributed by atoms with Crippen LogP contribution in [0, 0.1) is 5.95 Å². The highest BCUT2D eigenvalue weighted by atomic mass is 35.5. The van der Waals surface area contributed by atoms with Crippen LogP contribution < -0.4 is 10.2 Å². The number of hydrogen-bond donors (Lipinski definition) is 1. The number of hydrogen-bond acceptors (Lipinski definition) is 3. The summed E-state index contributed by atoms with van der Waals surface area (Å²) in [5.41, 5.74) is 0.457. The molecular formula is C17H18ClF4N3. The highest BCUT2D eigenvalue weighted by Gasteiger charge is 2.33. The molecule has 3 rings (SSSR count). The van der Waals surface area contributed by atoms with Crippen LogP contribution in [0.5, 0.6) is 0 Å². The van der Waals surface area contributed by atoms with Crippen LogP contribution in [0.15, 0.2) is 42.6 Å². The predicted molar refractivity (Wildman–Crippen MR) is 90.3 cm³/mol. The van der Waals surface area contributed by atoms with Gasteiger partial charge in [0.1, 0.15) is 0 Å². The Morgan fingerprint density at radius 2 is 1.92 bits per heavy atom. The Bertz CT molecular complexity index is 691. The second-order valence-electron chi connectivity index (χ2n) is 5.81. The summed E-state index contributed by atoms with van der Waals surface area (Å²) in [5.74, 6) is -0.531. The maximum atomic E-state index is 13.0. The first-order valence-electron chi connectivity index (χ1n) is 7.68. The number of halogens is 5. The Labute approximate surface area is 149 Å². The number of aromatic nitrogens is 1. The van der Waals surface area contributed by atoms with Crippen LogP contribution in [-0.4, -0.2) is 24.1 Å². The van der Waals surface area contributed by atoms with Gasteiger partial charge in [0.2, 0.25) is 5.95 Å². The van der Waals surface area contributed by atoms with E-state index in [1.807, 2.05) is 4.90 Å². The van der Waals surface area contributed by atoms with Crippen molar-refractivity contribution >= 4 is 18.1 Å². The van der Waals surface area contributed by atoms with Crippen LogP contribution in [0.3, 0.4) is 0 Å². The van der Waals surface area contributed by atoms with Crippen molar-refractivity contribution in [2.75, 3.05) is 18.0 Å². The van der Waals surface area contributed by atoms with Crippen molar-refractivity contribution in [2.24, 2.45) is 0 Å². The second-order valence-corrected chi connectivity index (χ2v) is 5.81. The third kappa shape index (κ3) is 4.83. The molecule has 0 aliphatic carbocycles. The van der Waals surface area contributed by atoms with Gasteiger partial charge >= 0.3 is 6.18 Å². The molecule has 1 N–H and O–H groups in total. The van der Waals surface area contributed by atoms with Gasteiger partial charge in [-0.15, -0.1) is 12.4 Å². The van der Waals surface area contributed by atoms with E-state index in [1.165, 1.54) is 24.4 Å². The monoisotopic (exact) mass is 375 g/mol. The maximum Gasteiger partial charge on any atom is 0.416 e. The van der Waals surface area contributed by atoms with Crippen LogP contribution in [0.1, 0.15) is 17.5 Å². The molecule has 1 aromatic carbocycles. The van der Waals surface area contributed by atoms with Gasteiger partial charge in [0.15, 0.2) is 0 Å². The van der Waals surface area contributed by atoms with Gasteiger partial charge in [-0.25, -0.2) is 4.98 Å². The summed E-state index contributed by atoms with van der Waals surface area (Å²) in [6.45, 7) is 1.57. The lowest BCUT2D eigenvalue weighted by atomic mass is 10.1. The fourth-order valence-corrected chi connectivity index (χ4v) is 2.92. The van der Waals surface area contributed by atoms with Gasteiger partial charge in [-0.3, -0.25) is 0 Å². The van der Waals surface area contributed by atoms with Crippen molar-refractivity contribution < 1.29 is 17.6 Å². The van der Waals surface area contributed by atoms with Crippen LogP contribution in [0.4, 0.5) is 23.2 Å². The Balaban J connectivity index is 0.00000225. The molecule has 136 valence electrons. The van der Waals surface area contributed by atoms with Gasteiger partial charge in [0.05, 0.1) is 17.4 Å². The van der Waals surface area contributed by atoms with Gasteiger partial charge in [-0.2, -0.15) is 17.6 Å². The SMILES string of the molecule is Cl.Fc1ccc(N2CCC(NCc3ccccc3C(F)(F)F)C2)cn1. The predicted octanol–water partition coefficient (Wildman–Crippen LogP) is 4.03. The standard InChI is InChI=1S/C17H17F4N3.ClH/c18-16-6-5-14(10-23-16)24-8-7-13(11-24)22-9-12-3-1-2-4-15(12)17(19,20)21;/h1-6,10,13,22H,7-9,11H2;1H. The highest BCUT2D eigenvalue weighted by molar-refractivity contribution is 5.85. The molecule has 2 heterocycles. The highest BCUT2D eigenvalue weighted by Crippen LogP contribution is 2.32. The molecular weight excluding hydrogens is 358 g/mol. The minimum Gasteiger partial charge on any atom is -0.369 e. The zero-order valence-corrected chi connectivity index (χ0v) is 14.1. The minimum atomic E-state index is -4.35. The number of nitrogens with one attached hydrogen (secondary N) is 1. The summed E-state index contributed by atoms with van der Waals surface area (Å²) >= 11 is 0. The molecule has 0 bridgehead atoms. The summed E-state index contributed by atoms with van der Waals surface area (Å²) in [6.07, 6.45) is -2.07. The topological polar surface area (TPSA) is 28.2 Å². The largest absolute Gasteiger partial charge is 0.416 e. The zero-order valence-electron chi connectivity index (χ0n) is 13.3. The Kier molecular flexibility index (Phi) is 6.24. The first kappa shape index (κ1) is 19.5. The number of rotatable bonds is 4.